The standard InChI is InChI=1S/C14H17NO2S/c1-3-10-15(11-13-8-9-13)18(16,17)14-7-5-4-6-12(14)2/h1,4-7,13H,8-11H2,2H3. The van der Waals surface area contributed by atoms with Gasteiger partial charge in [-0.25, -0.2) is 8.42 Å². The maximum Gasteiger partial charge on any atom is 0.244 e. The second-order valence-electron chi connectivity index (χ2n) is 4.71. The highest BCUT2D eigenvalue weighted by Crippen LogP contribution is 2.31. The fourth-order valence-corrected chi connectivity index (χ4v) is 3.58. The summed E-state index contributed by atoms with van der Waals surface area (Å²) in [5.74, 6) is 2.93. The van der Waals surface area contributed by atoms with Crippen molar-refractivity contribution in [2.24, 2.45) is 5.92 Å². The van der Waals surface area contributed by atoms with Gasteiger partial charge in [0.05, 0.1) is 11.4 Å². The van der Waals surface area contributed by atoms with E-state index in [1.54, 1.807) is 25.1 Å². The van der Waals surface area contributed by atoms with Gasteiger partial charge in [-0.15, -0.1) is 6.42 Å². The molecule has 2 rings (SSSR count). The van der Waals surface area contributed by atoms with E-state index in [1.165, 1.54) is 4.31 Å². The Labute approximate surface area is 109 Å². The number of sulfonamides is 1. The summed E-state index contributed by atoms with van der Waals surface area (Å²) in [7, 11) is -3.46. The summed E-state index contributed by atoms with van der Waals surface area (Å²) in [4.78, 5) is 0.362. The quantitative estimate of drug-likeness (QED) is 0.762. The van der Waals surface area contributed by atoms with Crippen LogP contribution in [0.25, 0.3) is 0 Å². The van der Waals surface area contributed by atoms with Gasteiger partial charge in [-0.1, -0.05) is 24.1 Å². The molecule has 18 heavy (non-hydrogen) atoms. The molecule has 0 unspecified atom stereocenters. The fourth-order valence-electron chi connectivity index (χ4n) is 1.92. The number of nitrogens with zero attached hydrogens (tertiary/aromatic N) is 1. The molecule has 0 atom stereocenters. The molecule has 3 nitrogen and oxygen atoms in total. The fraction of sp³-hybridized carbons (Fsp3) is 0.429. The molecular weight excluding hydrogens is 246 g/mol. The molecule has 1 saturated carbocycles. The minimum atomic E-state index is -3.46. The molecule has 1 aliphatic carbocycles. The molecule has 0 heterocycles. The predicted molar refractivity (Wildman–Crippen MR) is 71.5 cm³/mol. The molecule has 1 aromatic carbocycles. The summed E-state index contributed by atoms with van der Waals surface area (Å²) < 4.78 is 26.5. The monoisotopic (exact) mass is 263 g/mol. The molecule has 1 fully saturated rings. The van der Waals surface area contributed by atoms with Gasteiger partial charge >= 0.3 is 0 Å². The average Bonchev–Trinajstić information content (AvgIpc) is 3.13. The third kappa shape index (κ3) is 2.74. The van der Waals surface area contributed by atoms with E-state index in [4.69, 9.17) is 6.42 Å². The summed E-state index contributed by atoms with van der Waals surface area (Å²) in [5.41, 5.74) is 0.760. The first kappa shape index (κ1) is 13.1. The maximum atomic E-state index is 12.5. The third-order valence-corrected chi connectivity index (χ3v) is 5.11. The normalized spacial score (nSPS) is 15.6. The van der Waals surface area contributed by atoms with Crippen molar-refractivity contribution in [2.45, 2.75) is 24.7 Å². The summed E-state index contributed by atoms with van der Waals surface area (Å²) in [5, 5.41) is 0. The van der Waals surface area contributed by atoms with E-state index in [0.717, 1.165) is 18.4 Å². The van der Waals surface area contributed by atoms with E-state index in [1.807, 2.05) is 6.07 Å². The number of terminal acetylenes is 1. The van der Waals surface area contributed by atoms with Gasteiger partial charge in [0.25, 0.3) is 0 Å². The van der Waals surface area contributed by atoms with Crippen LogP contribution in [0.1, 0.15) is 18.4 Å². The highest BCUT2D eigenvalue weighted by Gasteiger charge is 2.31. The lowest BCUT2D eigenvalue weighted by atomic mass is 10.2. The maximum absolute atomic E-state index is 12.5. The van der Waals surface area contributed by atoms with Crippen molar-refractivity contribution in [3.8, 4) is 12.3 Å². The lowest BCUT2D eigenvalue weighted by Gasteiger charge is -2.20. The Balaban J connectivity index is 2.32. The van der Waals surface area contributed by atoms with Crippen LogP contribution in [0.2, 0.25) is 0 Å². The largest absolute Gasteiger partial charge is 0.244 e. The van der Waals surface area contributed by atoms with Crippen molar-refractivity contribution in [3.63, 3.8) is 0 Å². The Bertz CT molecular complexity index is 568. The van der Waals surface area contributed by atoms with E-state index < -0.39 is 10.0 Å². The zero-order valence-corrected chi connectivity index (χ0v) is 11.3. The van der Waals surface area contributed by atoms with E-state index in [-0.39, 0.29) is 6.54 Å². The number of hydrogen-bond donors (Lipinski definition) is 0. The molecule has 0 spiro atoms. The van der Waals surface area contributed by atoms with Crippen LogP contribution in [0.3, 0.4) is 0 Å². The molecule has 0 radical (unpaired) electrons. The van der Waals surface area contributed by atoms with Crippen molar-refractivity contribution in [2.75, 3.05) is 13.1 Å². The minimum absolute atomic E-state index is 0.146. The first-order chi connectivity index (χ1) is 8.55. The van der Waals surface area contributed by atoms with Crippen molar-refractivity contribution >= 4 is 10.0 Å². The van der Waals surface area contributed by atoms with Crippen molar-refractivity contribution in [1.29, 1.82) is 0 Å². The molecule has 0 amide bonds. The van der Waals surface area contributed by atoms with Gasteiger partial charge in [-0.05, 0) is 37.3 Å². The van der Waals surface area contributed by atoms with Crippen LogP contribution in [0.4, 0.5) is 0 Å². The SMILES string of the molecule is C#CCN(CC1CC1)S(=O)(=O)c1ccccc1C. The van der Waals surface area contributed by atoms with Crippen molar-refractivity contribution in [1.82, 2.24) is 4.31 Å². The van der Waals surface area contributed by atoms with Crippen LogP contribution in [0.15, 0.2) is 29.2 Å². The zero-order valence-electron chi connectivity index (χ0n) is 10.5. The zero-order chi connectivity index (χ0) is 13.2. The molecule has 0 saturated heterocycles. The van der Waals surface area contributed by atoms with Crippen LogP contribution in [0.5, 0.6) is 0 Å². The average molecular weight is 263 g/mol. The summed E-state index contributed by atoms with van der Waals surface area (Å²) >= 11 is 0. The van der Waals surface area contributed by atoms with Gasteiger partial charge in [0.1, 0.15) is 0 Å². The molecule has 96 valence electrons. The number of aryl methyl sites for hydroxylation is 1. The Kier molecular flexibility index (Phi) is 3.74. The highest BCUT2D eigenvalue weighted by atomic mass is 32.2. The van der Waals surface area contributed by atoms with E-state index >= 15 is 0 Å². The number of benzene rings is 1. The van der Waals surface area contributed by atoms with E-state index in [2.05, 4.69) is 5.92 Å². The Morgan fingerprint density at radius 3 is 2.61 bits per heavy atom. The topological polar surface area (TPSA) is 37.4 Å². The second kappa shape index (κ2) is 5.13. The molecular formula is C14H17NO2S. The van der Waals surface area contributed by atoms with Crippen LogP contribution in [0, 0.1) is 25.2 Å². The summed E-state index contributed by atoms with van der Waals surface area (Å²) in [6.07, 6.45) is 7.49. The van der Waals surface area contributed by atoms with E-state index in [9.17, 15) is 8.42 Å². The molecule has 0 aliphatic heterocycles. The van der Waals surface area contributed by atoms with Crippen LogP contribution in [-0.2, 0) is 10.0 Å². The molecule has 1 aromatic rings. The van der Waals surface area contributed by atoms with Gasteiger partial charge in [-0.2, -0.15) is 4.31 Å². The minimum Gasteiger partial charge on any atom is -0.207 e. The lowest BCUT2D eigenvalue weighted by Crippen LogP contribution is -2.33. The van der Waals surface area contributed by atoms with Gasteiger partial charge < -0.3 is 0 Å². The molecule has 0 bridgehead atoms. The Hall–Kier alpha value is -1.31. The lowest BCUT2D eigenvalue weighted by molar-refractivity contribution is 0.430. The molecule has 0 N–H and O–H groups in total. The Morgan fingerprint density at radius 2 is 2.06 bits per heavy atom. The number of hydrogen-bond acceptors (Lipinski definition) is 2. The van der Waals surface area contributed by atoms with Crippen LogP contribution in [-0.4, -0.2) is 25.8 Å². The van der Waals surface area contributed by atoms with Gasteiger partial charge in [0.2, 0.25) is 10.0 Å². The van der Waals surface area contributed by atoms with Gasteiger partial charge in [-0.3, -0.25) is 0 Å². The van der Waals surface area contributed by atoms with Crippen molar-refractivity contribution < 1.29 is 8.42 Å². The molecule has 1 aliphatic rings. The van der Waals surface area contributed by atoms with Crippen LogP contribution < -0.4 is 0 Å². The summed E-state index contributed by atoms with van der Waals surface area (Å²) in [6, 6.07) is 7.02. The summed E-state index contributed by atoms with van der Waals surface area (Å²) in [6.45, 7) is 2.49. The smallest absolute Gasteiger partial charge is 0.207 e. The number of rotatable bonds is 5. The predicted octanol–water partition coefficient (Wildman–Crippen LogP) is 2.03. The van der Waals surface area contributed by atoms with Gasteiger partial charge in [0, 0.05) is 6.54 Å². The van der Waals surface area contributed by atoms with E-state index in [0.29, 0.717) is 17.4 Å². The molecule has 4 heteroatoms. The first-order valence-corrected chi connectivity index (χ1v) is 7.49. The second-order valence-corrected chi connectivity index (χ2v) is 6.62. The van der Waals surface area contributed by atoms with Gasteiger partial charge in [0.15, 0.2) is 0 Å². The first-order valence-electron chi connectivity index (χ1n) is 6.05. The van der Waals surface area contributed by atoms with Crippen molar-refractivity contribution in [3.05, 3.63) is 29.8 Å². The van der Waals surface area contributed by atoms with Crippen LogP contribution >= 0.6 is 0 Å². The molecule has 0 aromatic heterocycles. The highest BCUT2D eigenvalue weighted by molar-refractivity contribution is 7.89. The Morgan fingerprint density at radius 1 is 1.39 bits per heavy atom. The third-order valence-electron chi connectivity index (χ3n) is 3.14.